The van der Waals surface area contributed by atoms with Crippen LogP contribution < -0.4 is 0 Å². The Morgan fingerprint density at radius 2 is 0.522 bits per heavy atom. The number of hydrogen-bond donors (Lipinski definition) is 0. The van der Waals surface area contributed by atoms with Crippen molar-refractivity contribution in [1.82, 2.24) is 0 Å². The van der Waals surface area contributed by atoms with Crippen LogP contribution in [0.1, 0.15) is 349 Å². The Hall–Kier alpha value is -1.59. The van der Waals surface area contributed by atoms with Gasteiger partial charge in [0.1, 0.15) is 13.2 Å². The molecule has 0 aromatic carbocycles. The quantitative estimate of drug-likeness (QED) is 0.0343. The van der Waals surface area contributed by atoms with Gasteiger partial charge in [0, 0.05) is 19.3 Å². The number of carbonyl (C=O) groups is 3. The Morgan fingerprint density at radius 3 is 0.776 bits per heavy atom. The molecule has 0 saturated carbocycles. The molecular weight excluding hydrogens is 829 g/mol. The second-order valence-electron chi connectivity index (χ2n) is 21.2. The van der Waals surface area contributed by atoms with E-state index in [1.54, 1.807) is 0 Å². The normalized spacial score (nSPS) is 12.4. The van der Waals surface area contributed by atoms with Gasteiger partial charge in [0.05, 0.1) is 0 Å². The second kappa shape index (κ2) is 55.3. The largest absolute Gasteiger partial charge is 0.462 e. The zero-order chi connectivity index (χ0) is 48.8. The molecule has 0 bridgehead atoms. The molecule has 0 aromatic heterocycles. The van der Waals surface area contributed by atoms with Crippen molar-refractivity contribution < 1.29 is 28.6 Å². The molecule has 2 atom stereocenters. The Kier molecular flexibility index (Phi) is 54.0. The molecular formula is C61H118O6. The Labute approximate surface area is 418 Å². The minimum atomic E-state index is -0.761. The molecule has 0 radical (unpaired) electrons. The SMILES string of the molecule is CCCCCCCCCCCCCCCCCCCCC(=O)OC[C@H](COC(=O)CCCCCCCCCCCCCCCCCCCCC(C)CC)OC(=O)CCCCCCCCCCC. The van der Waals surface area contributed by atoms with Crippen molar-refractivity contribution >= 4 is 17.9 Å². The molecule has 0 saturated heterocycles. The van der Waals surface area contributed by atoms with Crippen molar-refractivity contribution in [3.05, 3.63) is 0 Å². The fraction of sp³-hybridized carbons (Fsp3) is 0.951. The second-order valence-corrected chi connectivity index (χ2v) is 21.2. The lowest BCUT2D eigenvalue weighted by Crippen LogP contribution is -2.30. The lowest BCUT2D eigenvalue weighted by atomic mass is 9.99. The molecule has 398 valence electrons. The smallest absolute Gasteiger partial charge is 0.306 e. The number of hydrogen-bond acceptors (Lipinski definition) is 6. The molecule has 0 aliphatic rings. The lowest BCUT2D eigenvalue weighted by molar-refractivity contribution is -0.167. The molecule has 67 heavy (non-hydrogen) atoms. The Balaban J connectivity index is 4.13. The van der Waals surface area contributed by atoms with E-state index in [4.69, 9.17) is 14.2 Å². The van der Waals surface area contributed by atoms with Crippen LogP contribution in [0.3, 0.4) is 0 Å². The van der Waals surface area contributed by atoms with E-state index in [0.29, 0.717) is 19.3 Å². The molecule has 0 N–H and O–H groups in total. The molecule has 6 heteroatoms. The van der Waals surface area contributed by atoms with Crippen LogP contribution >= 0.6 is 0 Å². The van der Waals surface area contributed by atoms with Crippen LogP contribution in [0.15, 0.2) is 0 Å². The van der Waals surface area contributed by atoms with Crippen molar-refractivity contribution in [2.75, 3.05) is 13.2 Å². The molecule has 0 aliphatic heterocycles. The summed E-state index contributed by atoms with van der Waals surface area (Å²) in [5.41, 5.74) is 0. The highest BCUT2D eigenvalue weighted by Gasteiger charge is 2.19. The predicted octanol–water partition coefficient (Wildman–Crippen LogP) is 20.2. The van der Waals surface area contributed by atoms with Crippen molar-refractivity contribution in [1.29, 1.82) is 0 Å². The van der Waals surface area contributed by atoms with E-state index in [-0.39, 0.29) is 31.1 Å². The third-order valence-corrected chi connectivity index (χ3v) is 14.4. The number of unbranched alkanes of at least 4 members (excludes halogenated alkanes) is 42. The summed E-state index contributed by atoms with van der Waals surface area (Å²) in [6.07, 6.45) is 61.0. The first-order chi connectivity index (χ1) is 32.9. The molecule has 1 unspecified atom stereocenters. The first kappa shape index (κ1) is 65.4. The third kappa shape index (κ3) is 53.6. The highest BCUT2D eigenvalue weighted by atomic mass is 16.6. The van der Waals surface area contributed by atoms with Crippen molar-refractivity contribution in [2.45, 2.75) is 355 Å². The first-order valence-corrected chi connectivity index (χ1v) is 30.4. The van der Waals surface area contributed by atoms with E-state index in [1.165, 1.54) is 244 Å². The van der Waals surface area contributed by atoms with Gasteiger partial charge in [0.25, 0.3) is 0 Å². The van der Waals surface area contributed by atoms with Gasteiger partial charge < -0.3 is 14.2 Å². The molecule has 0 aromatic rings. The van der Waals surface area contributed by atoms with Crippen LogP contribution in [-0.2, 0) is 28.6 Å². The average Bonchev–Trinajstić information content (AvgIpc) is 3.33. The maximum atomic E-state index is 12.8. The summed E-state index contributed by atoms with van der Waals surface area (Å²) in [5, 5.41) is 0. The molecule has 0 aliphatic carbocycles. The van der Waals surface area contributed by atoms with Crippen molar-refractivity contribution in [2.24, 2.45) is 5.92 Å². The van der Waals surface area contributed by atoms with Gasteiger partial charge >= 0.3 is 17.9 Å². The van der Waals surface area contributed by atoms with Gasteiger partial charge in [0.15, 0.2) is 6.10 Å². The molecule has 0 heterocycles. The van der Waals surface area contributed by atoms with Gasteiger partial charge in [-0.15, -0.1) is 0 Å². The third-order valence-electron chi connectivity index (χ3n) is 14.4. The fourth-order valence-electron chi connectivity index (χ4n) is 9.42. The Bertz CT molecular complexity index is 1010. The molecule has 6 nitrogen and oxygen atoms in total. The van der Waals surface area contributed by atoms with Crippen molar-refractivity contribution in [3.8, 4) is 0 Å². The van der Waals surface area contributed by atoms with Gasteiger partial charge in [-0.1, -0.05) is 310 Å². The average molecular weight is 948 g/mol. The van der Waals surface area contributed by atoms with E-state index in [1.807, 2.05) is 0 Å². The van der Waals surface area contributed by atoms with Crippen molar-refractivity contribution in [3.63, 3.8) is 0 Å². The van der Waals surface area contributed by atoms with Crippen LogP contribution in [0.4, 0.5) is 0 Å². The molecule has 0 rings (SSSR count). The summed E-state index contributed by atoms with van der Waals surface area (Å²) in [6.45, 7) is 9.10. The van der Waals surface area contributed by atoms with Gasteiger partial charge in [0.2, 0.25) is 0 Å². The highest BCUT2D eigenvalue weighted by Crippen LogP contribution is 2.19. The standard InChI is InChI=1S/C61H118O6/c1-5-8-10-12-14-16-17-18-19-20-24-27-30-33-37-40-44-48-52-59(62)65-55-58(67-61(64)54-50-46-42-35-15-13-11-9-6-2)56-66-60(63)53-49-45-41-38-34-31-28-25-22-21-23-26-29-32-36-39-43-47-51-57(4)7-3/h57-58H,5-56H2,1-4H3/t57?,58-/m1/s1. The monoisotopic (exact) mass is 947 g/mol. The molecule has 0 amide bonds. The van der Waals surface area contributed by atoms with Crippen LogP contribution in [0, 0.1) is 5.92 Å². The zero-order valence-corrected chi connectivity index (χ0v) is 45.9. The summed E-state index contributed by atoms with van der Waals surface area (Å²) < 4.78 is 16.9. The zero-order valence-electron chi connectivity index (χ0n) is 45.9. The number of carbonyl (C=O) groups excluding carboxylic acids is 3. The fourth-order valence-corrected chi connectivity index (χ4v) is 9.42. The van der Waals surface area contributed by atoms with Crippen LogP contribution in [-0.4, -0.2) is 37.2 Å². The summed E-state index contributed by atoms with van der Waals surface area (Å²) in [6, 6.07) is 0. The summed E-state index contributed by atoms with van der Waals surface area (Å²) >= 11 is 0. The minimum absolute atomic E-state index is 0.0619. The topological polar surface area (TPSA) is 78.9 Å². The minimum Gasteiger partial charge on any atom is -0.462 e. The van der Waals surface area contributed by atoms with E-state index >= 15 is 0 Å². The van der Waals surface area contributed by atoms with Crippen LogP contribution in [0.5, 0.6) is 0 Å². The Morgan fingerprint density at radius 1 is 0.299 bits per heavy atom. The van der Waals surface area contributed by atoms with E-state index < -0.39 is 6.10 Å². The van der Waals surface area contributed by atoms with Crippen LogP contribution in [0.25, 0.3) is 0 Å². The van der Waals surface area contributed by atoms with E-state index in [9.17, 15) is 14.4 Å². The van der Waals surface area contributed by atoms with Gasteiger partial charge in [-0.3, -0.25) is 14.4 Å². The first-order valence-electron chi connectivity index (χ1n) is 30.4. The van der Waals surface area contributed by atoms with Gasteiger partial charge in [-0.2, -0.15) is 0 Å². The lowest BCUT2D eigenvalue weighted by Gasteiger charge is -2.18. The summed E-state index contributed by atoms with van der Waals surface area (Å²) in [4.78, 5) is 38.1. The molecule has 0 fully saturated rings. The van der Waals surface area contributed by atoms with E-state index in [0.717, 1.165) is 63.7 Å². The number of rotatable bonds is 56. The van der Waals surface area contributed by atoms with E-state index in [2.05, 4.69) is 27.7 Å². The summed E-state index contributed by atoms with van der Waals surface area (Å²) in [7, 11) is 0. The van der Waals surface area contributed by atoms with Gasteiger partial charge in [-0.25, -0.2) is 0 Å². The highest BCUT2D eigenvalue weighted by molar-refractivity contribution is 5.71. The summed E-state index contributed by atoms with van der Waals surface area (Å²) in [5.74, 6) is 0.0738. The number of ether oxygens (including phenoxy) is 3. The maximum absolute atomic E-state index is 12.8. The molecule has 0 spiro atoms. The number of esters is 3. The maximum Gasteiger partial charge on any atom is 0.306 e. The predicted molar refractivity (Wildman–Crippen MR) is 289 cm³/mol. The van der Waals surface area contributed by atoms with Gasteiger partial charge in [-0.05, 0) is 25.2 Å². The van der Waals surface area contributed by atoms with Crippen LogP contribution in [0.2, 0.25) is 0 Å².